The fourth-order valence-electron chi connectivity index (χ4n) is 6.51. The highest BCUT2D eigenvalue weighted by Gasteiger charge is 2.42. The minimum Gasteiger partial charge on any atom is -0.790 e. The number of ether oxygens (including phenoxy) is 1. The molecule has 61 heavy (non-hydrogen) atoms. The molecule has 0 radical (unpaired) electrons. The number of rotatable bonds is 26. The van der Waals surface area contributed by atoms with E-state index in [9.17, 15) is 67.1 Å². The molecule has 8 atom stereocenters. The molecule has 0 spiro atoms. The van der Waals surface area contributed by atoms with E-state index in [4.69, 9.17) is 4.74 Å². The van der Waals surface area contributed by atoms with E-state index in [2.05, 4.69) is 39.7 Å². The Labute approximate surface area is 353 Å². The van der Waals surface area contributed by atoms with Crippen LogP contribution >= 0.6 is 35.2 Å². The Bertz CT molecular complexity index is 2000. The third-order valence-electron chi connectivity index (χ3n) is 9.41. The number of hydrogen-bond acceptors (Lipinski definition) is 19. The van der Waals surface area contributed by atoms with Crippen molar-refractivity contribution in [2.24, 2.45) is 0 Å². The van der Waals surface area contributed by atoms with Crippen molar-refractivity contribution in [2.75, 3.05) is 32.0 Å². The van der Waals surface area contributed by atoms with Gasteiger partial charge in [0.05, 0.1) is 38.2 Å². The van der Waals surface area contributed by atoms with Crippen molar-refractivity contribution in [1.82, 2.24) is 36.1 Å². The Kier molecular flexibility index (Phi) is 19.4. The Balaban J connectivity index is 1.04. The molecule has 3 aliphatic heterocycles. The van der Waals surface area contributed by atoms with Gasteiger partial charge in [-0.2, -0.15) is 11.8 Å². The van der Waals surface area contributed by atoms with Crippen LogP contribution in [0, 0.1) is 0 Å². The van der Waals surface area contributed by atoms with Crippen LogP contribution in [0.1, 0.15) is 82.4 Å². The van der Waals surface area contributed by atoms with Crippen LogP contribution in [-0.2, 0) is 46.0 Å². The van der Waals surface area contributed by atoms with Crippen LogP contribution in [0.25, 0.3) is 6.08 Å². The van der Waals surface area contributed by atoms with Crippen LogP contribution in [0.15, 0.2) is 21.9 Å². The third-order valence-corrected chi connectivity index (χ3v) is 14.6. The average Bonchev–Trinajstić information content (AvgIpc) is 3.83. The molecule has 1 aromatic heterocycles. The summed E-state index contributed by atoms with van der Waals surface area (Å²) < 4.78 is 50.8. The van der Waals surface area contributed by atoms with Crippen molar-refractivity contribution in [2.45, 2.75) is 106 Å². The highest BCUT2D eigenvalue weighted by atomic mass is 32.2. The lowest BCUT2D eigenvalue weighted by molar-refractivity contribution is -0.339. The molecule has 29 heteroatoms. The summed E-state index contributed by atoms with van der Waals surface area (Å²) in [4.78, 5) is 119. The number of thioether (sulfide) groups is 1. The highest BCUT2D eigenvalue weighted by Crippen LogP contribution is 2.60. The number of fused-ring (bicyclic) bond motifs is 1. The molecular weight excluding hydrogens is 895 g/mol. The quantitative estimate of drug-likeness (QED) is 0.0285. The molecule has 5 amide bonds. The van der Waals surface area contributed by atoms with Gasteiger partial charge in [-0.05, 0) is 32.1 Å². The van der Waals surface area contributed by atoms with Crippen molar-refractivity contribution in [3.8, 4) is 0 Å². The van der Waals surface area contributed by atoms with Gasteiger partial charge >= 0.3 is 11.7 Å². The Morgan fingerprint density at radius 2 is 1.54 bits per heavy atom. The summed E-state index contributed by atoms with van der Waals surface area (Å²) in [5.41, 5.74) is -1.86. The van der Waals surface area contributed by atoms with Gasteiger partial charge in [0, 0.05) is 62.5 Å². The van der Waals surface area contributed by atoms with Gasteiger partial charge < -0.3 is 65.1 Å². The van der Waals surface area contributed by atoms with Gasteiger partial charge in [0.25, 0.3) is 21.2 Å². The van der Waals surface area contributed by atoms with E-state index in [1.807, 2.05) is 16.7 Å². The van der Waals surface area contributed by atoms with E-state index in [1.54, 1.807) is 0 Å². The second kappa shape index (κ2) is 23.5. The van der Waals surface area contributed by atoms with Crippen LogP contribution in [0.2, 0.25) is 0 Å². The van der Waals surface area contributed by atoms with Crippen molar-refractivity contribution in [3.63, 3.8) is 0 Å². The number of nitrogens with one attached hydrogen (secondary N) is 6. The fourth-order valence-corrected chi connectivity index (χ4v) is 10.9. The van der Waals surface area contributed by atoms with Crippen molar-refractivity contribution in [1.29, 1.82) is 0 Å². The Morgan fingerprint density at radius 3 is 2.25 bits per heavy atom. The van der Waals surface area contributed by atoms with Crippen molar-refractivity contribution < 1.29 is 75.4 Å². The SMILES string of the molecule is O=C(CCCNC(=O)CCCCCNC(=O)CCCCC1SCC2NC(=O)NC21)NCC=Cc1cn(C2CC(O)C(COP(=O)([O-])OP(=O)([O-])OP(=O)([O-])[O-])O2)c(=O)[nH]c1=O. The lowest BCUT2D eigenvalue weighted by atomic mass is 10.0. The molecule has 25 nitrogen and oxygen atoms in total. The molecule has 4 rings (SSSR count). The number of aliphatic hydroxyl groups is 1. The molecule has 344 valence electrons. The first kappa shape index (κ1) is 50.4. The zero-order chi connectivity index (χ0) is 44.8. The van der Waals surface area contributed by atoms with Gasteiger partial charge in [-0.3, -0.25) is 42.2 Å². The second-order valence-corrected chi connectivity index (χ2v) is 19.7. The number of unbranched alkanes of at least 4 members (excludes halogenated alkanes) is 3. The summed E-state index contributed by atoms with van der Waals surface area (Å²) in [7, 11) is -18.3. The molecule has 0 aromatic carbocycles. The Hall–Kier alpha value is -3.22. The maximum absolute atomic E-state index is 12.5. The number of phosphoric ester groups is 1. The van der Waals surface area contributed by atoms with Crippen LogP contribution in [-0.4, -0.2) is 99.9 Å². The largest absolute Gasteiger partial charge is 0.790 e. The summed E-state index contributed by atoms with van der Waals surface area (Å²) in [5.74, 6) is 0.421. The van der Waals surface area contributed by atoms with Crippen LogP contribution in [0.5, 0.6) is 0 Å². The van der Waals surface area contributed by atoms with E-state index in [-0.39, 0.29) is 67.3 Å². The smallest absolute Gasteiger partial charge is 0.330 e. The van der Waals surface area contributed by atoms with Gasteiger partial charge in [0.1, 0.15) is 12.3 Å². The molecule has 3 fully saturated rings. The summed E-state index contributed by atoms with van der Waals surface area (Å²) in [6.45, 7) is -0.284. The molecule has 7 N–H and O–H groups in total. The summed E-state index contributed by atoms with van der Waals surface area (Å²) in [6.07, 6.45) is 5.16. The fraction of sp³-hybridized carbons (Fsp3) is 0.688. The summed E-state index contributed by atoms with van der Waals surface area (Å²) in [5, 5.41) is 24.9. The summed E-state index contributed by atoms with van der Waals surface area (Å²) >= 11 is 1.85. The van der Waals surface area contributed by atoms with Crippen LogP contribution in [0.3, 0.4) is 0 Å². The lowest BCUT2D eigenvalue weighted by Gasteiger charge is -2.37. The monoisotopic (exact) mass is 943 g/mol. The summed E-state index contributed by atoms with van der Waals surface area (Å²) in [6, 6.07) is 0.251. The number of aliphatic hydroxyl groups excluding tert-OH is 1. The van der Waals surface area contributed by atoms with E-state index in [1.165, 1.54) is 12.2 Å². The van der Waals surface area contributed by atoms with Crippen molar-refractivity contribution >= 4 is 65.1 Å². The predicted molar refractivity (Wildman–Crippen MR) is 207 cm³/mol. The number of H-pyrrole nitrogens is 1. The molecule has 3 aliphatic rings. The highest BCUT2D eigenvalue weighted by molar-refractivity contribution is 8.00. The van der Waals surface area contributed by atoms with Gasteiger partial charge in [-0.25, -0.2) is 13.9 Å². The molecule has 0 aliphatic carbocycles. The number of aromatic amines is 1. The van der Waals surface area contributed by atoms with E-state index in [0.717, 1.165) is 48.6 Å². The molecule has 8 unspecified atom stereocenters. The number of carbonyl (C=O) groups is 4. The Morgan fingerprint density at radius 1 is 0.885 bits per heavy atom. The zero-order valence-electron chi connectivity index (χ0n) is 32.6. The zero-order valence-corrected chi connectivity index (χ0v) is 36.1. The first-order valence-electron chi connectivity index (χ1n) is 19.3. The maximum atomic E-state index is 12.5. The number of hydrogen-bond donors (Lipinski definition) is 7. The van der Waals surface area contributed by atoms with Gasteiger partial charge in [-0.15, -0.1) is 0 Å². The van der Waals surface area contributed by atoms with Gasteiger partial charge in [0.15, 0.2) is 0 Å². The molecule has 4 heterocycles. The van der Waals surface area contributed by atoms with Gasteiger partial charge in [0.2, 0.25) is 17.7 Å². The third kappa shape index (κ3) is 17.8. The van der Waals surface area contributed by atoms with E-state index < -0.39 is 59.8 Å². The minimum atomic E-state index is -6.21. The number of nitrogens with zero attached hydrogens (tertiary/aromatic N) is 1. The molecule has 3 saturated heterocycles. The van der Waals surface area contributed by atoms with E-state index in [0.29, 0.717) is 37.5 Å². The first-order chi connectivity index (χ1) is 28.7. The number of carbonyl (C=O) groups excluding carboxylic acids is 4. The molecular formula is C32H48N7O18P3S-4. The molecule has 0 bridgehead atoms. The lowest BCUT2D eigenvalue weighted by Crippen LogP contribution is -2.36. The number of phosphoric acid groups is 3. The molecule has 0 saturated carbocycles. The maximum Gasteiger partial charge on any atom is 0.330 e. The number of aromatic nitrogens is 2. The molecule has 1 aromatic rings. The standard InChI is InChI=1S/C32H52N7O18P3S/c40-22-16-28(55-23(22)18-54-59(50,51)57-60(52,53)56-58(47,48)49)39-17-20(30(44)38-32(39)46)8-6-14-34-27(43)12-7-15-35-25(41)10-2-1-5-13-33-26(42)11-4-3-9-24-29-21(19-61-24)36-31(45)37-29/h6,8,17,21-24,28-29,40H,1-5,7,9-16,18-19H2,(H,33,42)(H,34,43)(H,35,41)(H,50,51)(H,52,53)(H2,36,37,45)(H,38,44,46)(H2,47,48,49)/p-4. The topological polar surface area (TPSA) is 384 Å². The van der Waals surface area contributed by atoms with Crippen LogP contribution in [0.4, 0.5) is 4.79 Å². The van der Waals surface area contributed by atoms with E-state index >= 15 is 0 Å². The predicted octanol–water partition coefficient (Wildman–Crippen LogP) is -2.57. The average molecular weight is 944 g/mol. The van der Waals surface area contributed by atoms with Crippen LogP contribution < -0.4 is 57.4 Å². The second-order valence-electron chi connectivity index (χ2n) is 14.2. The number of urea groups is 1. The first-order valence-corrected chi connectivity index (χ1v) is 24.7. The van der Waals surface area contributed by atoms with Crippen molar-refractivity contribution in [3.05, 3.63) is 38.7 Å². The number of amides is 5. The van der Waals surface area contributed by atoms with Gasteiger partial charge in [-0.1, -0.05) is 25.0 Å². The minimum absolute atomic E-state index is 0.000493. The normalized spacial score (nSPS) is 24.4.